The van der Waals surface area contributed by atoms with Crippen molar-refractivity contribution in [3.63, 3.8) is 0 Å². The van der Waals surface area contributed by atoms with Gasteiger partial charge in [0.25, 0.3) is 0 Å². The molecule has 8 nitrogen and oxygen atoms in total. The Kier molecular flexibility index (Phi) is 6.08. The van der Waals surface area contributed by atoms with Crippen LogP contribution >= 0.6 is 0 Å². The van der Waals surface area contributed by atoms with Gasteiger partial charge >= 0.3 is 0 Å². The molecule has 3 aromatic rings. The molecule has 0 atom stereocenters. The third kappa shape index (κ3) is 4.34. The van der Waals surface area contributed by atoms with Crippen LogP contribution in [-0.2, 0) is 33.0 Å². The Labute approximate surface area is 182 Å². The van der Waals surface area contributed by atoms with Crippen molar-refractivity contribution in [2.45, 2.75) is 17.7 Å². The van der Waals surface area contributed by atoms with Gasteiger partial charge in [-0.05, 0) is 30.3 Å². The topological polar surface area (TPSA) is 84.7 Å². The quantitative estimate of drug-likeness (QED) is 0.584. The van der Waals surface area contributed by atoms with E-state index in [0.29, 0.717) is 44.7 Å². The summed E-state index contributed by atoms with van der Waals surface area (Å²) in [5.74, 6) is 0.736. The monoisotopic (exact) mass is 442 g/mol. The second kappa shape index (κ2) is 8.78. The number of hydrogen-bond donors (Lipinski definition) is 0. The van der Waals surface area contributed by atoms with E-state index in [-0.39, 0.29) is 10.8 Å². The van der Waals surface area contributed by atoms with E-state index in [1.54, 1.807) is 30.1 Å². The minimum Gasteiger partial charge on any atom is -0.379 e. The van der Waals surface area contributed by atoms with Gasteiger partial charge in [0, 0.05) is 45.7 Å². The minimum absolute atomic E-state index is 0.00570. The number of carbonyl (C=O) groups excluding carboxylic acids is 1. The van der Waals surface area contributed by atoms with Gasteiger partial charge in [-0.15, -0.1) is 0 Å². The maximum absolute atomic E-state index is 12.9. The Morgan fingerprint density at radius 3 is 2.55 bits per heavy atom. The van der Waals surface area contributed by atoms with Gasteiger partial charge in [-0.25, -0.2) is 13.4 Å². The van der Waals surface area contributed by atoms with E-state index >= 15 is 0 Å². The number of anilines is 1. The zero-order valence-electron chi connectivity index (χ0n) is 17.7. The summed E-state index contributed by atoms with van der Waals surface area (Å²) < 4.78 is 34.5. The molecule has 31 heavy (non-hydrogen) atoms. The molecule has 1 aromatic heterocycles. The molecule has 0 spiro atoms. The molecule has 1 amide bonds. The van der Waals surface area contributed by atoms with Crippen molar-refractivity contribution in [3.8, 4) is 0 Å². The van der Waals surface area contributed by atoms with E-state index in [2.05, 4.69) is 4.98 Å². The first-order chi connectivity index (χ1) is 14.9. The van der Waals surface area contributed by atoms with Gasteiger partial charge < -0.3 is 14.2 Å². The van der Waals surface area contributed by atoms with Gasteiger partial charge in [0.05, 0.1) is 29.1 Å². The summed E-state index contributed by atoms with van der Waals surface area (Å²) in [5, 5.41) is 0. The predicted molar refractivity (Wildman–Crippen MR) is 118 cm³/mol. The van der Waals surface area contributed by atoms with Crippen molar-refractivity contribution in [3.05, 3.63) is 54.4 Å². The molecule has 4 rings (SSSR count). The average molecular weight is 443 g/mol. The molecule has 2 aromatic carbocycles. The molecule has 1 saturated heterocycles. The highest BCUT2D eigenvalue weighted by atomic mass is 32.2. The van der Waals surface area contributed by atoms with E-state index in [1.807, 2.05) is 41.9 Å². The zero-order chi connectivity index (χ0) is 22.0. The molecule has 1 aliphatic heterocycles. The molecule has 0 radical (unpaired) electrons. The first-order valence-electron chi connectivity index (χ1n) is 10.2. The van der Waals surface area contributed by atoms with E-state index in [4.69, 9.17) is 4.74 Å². The maximum atomic E-state index is 12.9. The first-order valence-corrected chi connectivity index (χ1v) is 11.7. The standard InChI is InChI=1S/C22H26N4O4S/c1-24(17-6-4-3-5-7-17)22(27)11-10-21-23-19-16-18(8-9-20(19)25(21)2)31(28,29)26-12-14-30-15-13-26/h3-9,16H,10-15H2,1-2H3. The lowest BCUT2D eigenvalue weighted by atomic mass is 10.2. The van der Waals surface area contributed by atoms with E-state index in [1.165, 1.54) is 4.31 Å². The zero-order valence-corrected chi connectivity index (χ0v) is 18.5. The lowest BCUT2D eigenvalue weighted by molar-refractivity contribution is -0.118. The smallest absolute Gasteiger partial charge is 0.243 e. The molecule has 0 bridgehead atoms. The summed E-state index contributed by atoms with van der Waals surface area (Å²) in [6.45, 7) is 1.51. The summed E-state index contributed by atoms with van der Waals surface area (Å²) in [4.78, 5) is 19.1. The Balaban J connectivity index is 1.52. The van der Waals surface area contributed by atoms with Crippen molar-refractivity contribution in [2.24, 2.45) is 7.05 Å². The number of imidazole rings is 1. The number of amides is 1. The fourth-order valence-electron chi connectivity index (χ4n) is 3.73. The van der Waals surface area contributed by atoms with Gasteiger partial charge in [0.2, 0.25) is 15.9 Å². The Bertz CT molecular complexity index is 1180. The van der Waals surface area contributed by atoms with Gasteiger partial charge in [-0.3, -0.25) is 4.79 Å². The van der Waals surface area contributed by atoms with Crippen molar-refractivity contribution in [1.29, 1.82) is 0 Å². The molecule has 0 aliphatic carbocycles. The molecule has 1 fully saturated rings. The lowest BCUT2D eigenvalue weighted by Crippen LogP contribution is -2.40. The molecule has 2 heterocycles. The van der Waals surface area contributed by atoms with Gasteiger partial charge in [-0.1, -0.05) is 18.2 Å². The van der Waals surface area contributed by atoms with Crippen LogP contribution in [0.5, 0.6) is 0 Å². The number of ether oxygens (including phenoxy) is 1. The van der Waals surface area contributed by atoms with Crippen LogP contribution in [-0.4, -0.2) is 61.5 Å². The molecular formula is C22H26N4O4S. The number of aromatic nitrogens is 2. The van der Waals surface area contributed by atoms with Crippen molar-refractivity contribution in [1.82, 2.24) is 13.9 Å². The first kappa shape index (κ1) is 21.5. The number of nitrogens with zero attached hydrogens (tertiary/aromatic N) is 4. The van der Waals surface area contributed by atoms with Crippen LogP contribution in [0.15, 0.2) is 53.4 Å². The predicted octanol–water partition coefficient (Wildman–Crippen LogP) is 2.19. The maximum Gasteiger partial charge on any atom is 0.243 e. The third-order valence-electron chi connectivity index (χ3n) is 5.63. The van der Waals surface area contributed by atoms with Crippen molar-refractivity contribution < 1.29 is 17.9 Å². The van der Waals surface area contributed by atoms with Crippen LogP contribution in [0.3, 0.4) is 0 Å². The normalized spacial score (nSPS) is 15.3. The van der Waals surface area contributed by atoms with E-state index in [0.717, 1.165) is 17.0 Å². The van der Waals surface area contributed by atoms with Gasteiger partial charge in [0.15, 0.2) is 0 Å². The van der Waals surface area contributed by atoms with Crippen molar-refractivity contribution >= 4 is 32.7 Å². The van der Waals surface area contributed by atoms with Gasteiger partial charge in [-0.2, -0.15) is 4.31 Å². The number of carbonyl (C=O) groups is 1. The second-order valence-corrected chi connectivity index (χ2v) is 9.48. The summed E-state index contributed by atoms with van der Waals surface area (Å²) in [7, 11) is 0.0590. The SMILES string of the molecule is CN(C(=O)CCc1nc2cc(S(=O)(=O)N3CCOCC3)ccc2n1C)c1ccccc1. The molecule has 164 valence electrons. The van der Waals surface area contributed by atoms with Crippen LogP contribution in [0.4, 0.5) is 5.69 Å². The molecule has 0 unspecified atom stereocenters. The highest BCUT2D eigenvalue weighted by Gasteiger charge is 2.27. The fourth-order valence-corrected chi connectivity index (χ4v) is 5.16. The van der Waals surface area contributed by atoms with Crippen LogP contribution < -0.4 is 4.90 Å². The van der Waals surface area contributed by atoms with E-state index < -0.39 is 10.0 Å². The minimum atomic E-state index is -3.58. The highest BCUT2D eigenvalue weighted by molar-refractivity contribution is 7.89. The number of sulfonamides is 1. The van der Waals surface area contributed by atoms with Crippen LogP contribution in [0, 0.1) is 0 Å². The number of rotatable bonds is 6. The number of benzene rings is 2. The summed E-state index contributed by atoms with van der Waals surface area (Å²) in [6, 6.07) is 14.5. The summed E-state index contributed by atoms with van der Waals surface area (Å²) in [6.07, 6.45) is 0.772. The number of morpholine rings is 1. The highest BCUT2D eigenvalue weighted by Crippen LogP contribution is 2.23. The molecule has 0 N–H and O–H groups in total. The van der Waals surface area contributed by atoms with Crippen LogP contribution in [0.1, 0.15) is 12.2 Å². The summed E-state index contributed by atoms with van der Waals surface area (Å²) in [5.41, 5.74) is 2.28. The number of hydrogen-bond acceptors (Lipinski definition) is 5. The van der Waals surface area contributed by atoms with Crippen LogP contribution in [0.2, 0.25) is 0 Å². The Morgan fingerprint density at radius 2 is 1.84 bits per heavy atom. The van der Waals surface area contributed by atoms with E-state index in [9.17, 15) is 13.2 Å². The van der Waals surface area contributed by atoms with Gasteiger partial charge in [0.1, 0.15) is 5.82 Å². The number of fused-ring (bicyclic) bond motifs is 1. The molecule has 9 heteroatoms. The lowest BCUT2D eigenvalue weighted by Gasteiger charge is -2.26. The number of aryl methyl sites for hydroxylation is 2. The molecular weight excluding hydrogens is 416 g/mol. The second-order valence-electron chi connectivity index (χ2n) is 7.54. The van der Waals surface area contributed by atoms with Crippen LogP contribution in [0.25, 0.3) is 11.0 Å². The molecule has 1 aliphatic rings. The van der Waals surface area contributed by atoms with Crippen molar-refractivity contribution in [2.75, 3.05) is 38.3 Å². The largest absolute Gasteiger partial charge is 0.379 e. The summed E-state index contributed by atoms with van der Waals surface area (Å²) >= 11 is 0. The Hall–Kier alpha value is -2.75. The molecule has 0 saturated carbocycles. The third-order valence-corrected chi connectivity index (χ3v) is 7.53. The Morgan fingerprint density at radius 1 is 1.13 bits per heavy atom. The number of para-hydroxylation sites is 1. The fraction of sp³-hybridized carbons (Fsp3) is 0.364. The average Bonchev–Trinajstić information content (AvgIpc) is 3.13.